The number of esters is 1. The third kappa shape index (κ3) is 3.24. The fraction of sp³-hybridized carbons (Fsp3) is 0.182. The summed E-state index contributed by atoms with van der Waals surface area (Å²) in [6, 6.07) is 13.6. The summed E-state index contributed by atoms with van der Waals surface area (Å²) in [4.78, 5) is 21.1. The molecule has 0 fully saturated rings. The van der Waals surface area contributed by atoms with Gasteiger partial charge in [0.2, 0.25) is 0 Å². The van der Waals surface area contributed by atoms with E-state index >= 15 is 0 Å². The lowest BCUT2D eigenvalue weighted by Gasteiger charge is -2.06. The first-order valence-electron chi connectivity index (χ1n) is 9.43. The molecule has 0 amide bonds. The molecule has 1 aliphatic carbocycles. The van der Waals surface area contributed by atoms with E-state index in [0.717, 1.165) is 47.4 Å². The Morgan fingerprint density at radius 2 is 1.86 bits per heavy atom. The molecule has 7 heteroatoms. The molecule has 29 heavy (non-hydrogen) atoms. The highest BCUT2D eigenvalue weighted by molar-refractivity contribution is 5.89. The van der Waals surface area contributed by atoms with E-state index < -0.39 is 5.97 Å². The minimum absolute atomic E-state index is 0.0594. The predicted octanol–water partition coefficient (Wildman–Crippen LogP) is 3.80. The number of para-hydroxylation sites is 2. The minimum Gasteiger partial charge on any atom is -0.454 e. The van der Waals surface area contributed by atoms with Gasteiger partial charge in [0.15, 0.2) is 5.69 Å². The molecule has 1 aliphatic rings. The van der Waals surface area contributed by atoms with E-state index in [9.17, 15) is 9.18 Å². The van der Waals surface area contributed by atoms with E-state index in [4.69, 9.17) is 4.74 Å². The maximum absolute atomic E-state index is 13.3. The van der Waals surface area contributed by atoms with Gasteiger partial charge in [-0.15, -0.1) is 0 Å². The van der Waals surface area contributed by atoms with Gasteiger partial charge in [0.25, 0.3) is 0 Å². The highest BCUT2D eigenvalue weighted by Crippen LogP contribution is 2.28. The molecule has 4 aromatic rings. The smallest absolute Gasteiger partial charge is 0.358 e. The fourth-order valence-corrected chi connectivity index (χ4v) is 3.69. The molecule has 0 atom stereocenters. The van der Waals surface area contributed by atoms with Crippen LogP contribution in [0.25, 0.3) is 16.7 Å². The average molecular weight is 388 g/mol. The van der Waals surface area contributed by atoms with Crippen LogP contribution in [0.15, 0.2) is 54.7 Å². The number of carbonyl (C=O) groups excluding carboxylic acids is 1. The van der Waals surface area contributed by atoms with Crippen LogP contribution in [0.4, 0.5) is 4.39 Å². The van der Waals surface area contributed by atoms with Crippen molar-refractivity contribution in [2.75, 3.05) is 0 Å². The maximum Gasteiger partial charge on any atom is 0.358 e. The molecule has 0 radical (unpaired) electrons. The normalized spacial score (nSPS) is 12.9. The topological polar surface area (TPSA) is 69.9 Å². The second-order valence-corrected chi connectivity index (χ2v) is 6.93. The zero-order valence-corrected chi connectivity index (χ0v) is 15.5. The quantitative estimate of drug-likeness (QED) is 0.498. The van der Waals surface area contributed by atoms with Crippen molar-refractivity contribution in [3.63, 3.8) is 0 Å². The molecule has 5 rings (SSSR count). The first kappa shape index (κ1) is 17.5. The molecule has 6 nitrogen and oxygen atoms in total. The Morgan fingerprint density at radius 1 is 1.07 bits per heavy atom. The van der Waals surface area contributed by atoms with Crippen LogP contribution in [0.3, 0.4) is 0 Å². The van der Waals surface area contributed by atoms with Gasteiger partial charge in [-0.1, -0.05) is 12.1 Å². The van der Waals surface area contributed by atoms with Crippen molar-refractivity contribution in [3.05, 3.63) is 83.2 Å². The Balaban J connectivity index is 1.38. The predicted molar refractivity (Wildman–Crippen MR) is 104 cm³/mol. The van der Waals surface area contributed by atoms with E-state index in [1.807, 2.05) is 22.9 Å². The second kappa shape index (κ2) is 7.09. The third-order valence-electron chi connectivity index (χ3n) is 5.08. The number of benzene rings is 2. The molecular weight excluding hydrogens is 371 g/mol. The van der Waals surface area contributed by atoms with Crippen molar-refractivity contribution in [1.29, 1.82) is 0 Å². The zero-order chi connectivity index (χ0) is 19.8. The summed E-state index contributed by atoms with van der Waals surface area (Å²) in [5, 5.41) is 4.63. The molecule has 2 aromatic carbocycles. The number of fused-ring (bicyclic) bond motifs is 2. The molecule has 0 N–H and O–H groups in total. The summed E-state index contributed by atoms with van der Waals surface area (Å²) in [7, 11) is 0. The molecule has 2 heterocycles. The lowest BCUT2D eigenvalue weighted by atomic mass is 10.2. The lowest BCUT2D eigenvalue weighted by Crippen LogP contribution is -2.09. The van der Waals surface area contributed by atoms with Gasteiger partial charge in [0.05, 0.1) is 22.9 Å². The number of nitrogens with zero attached hydrogens (tertiary/aromatic N) is 4. The van der Waals surface area contributed by atoms with Crippen molar-refractivity contribution in [1.82, 2.24) is 19.7 Å². The summed E-state index contributed by atoms with van der Waals surface area (Å²) < 4.78 is 20.6. The van der Waals surface area contributed by atoms with E-state index in [2.05, 4.69) is 15.1 Å². The van der Waals surface area contributed by atoms with Crippen LogP contribution in [0.2, 0.25) is 0 Å². The molecule has 0 spiro atoms. The molecule has 0 saturated heterocycles. The SMILES string of the molecule is O=C(OCc1nn(-c2ccc(F)cc2)c2c1CCC2)c1cnc2ccccc2n1. The van der Waals surface area contributed by atoms with Crippen molar-refractivity contribution < 1.29 is 13.9 Å². The molecule has 144 valence electrons. The lowest BCUT2D eigenvalue weighted by molar-refractivity contribution is 0.0459. The van der Waals surface area contributed by atoms with Gasteiger partial charge >= 0.3 is 5.97 Å². The van der Waals surface area contributed by atoms with Crippen molar-refractivity contribution in [2.24, 2.45) is 0 Å². The molecule has 0 unspecified atom stereocenters. The highest BCUT2D eigenvalue weighted by Gasteiger charge is 2.24. The third-order valence-corrected chi connectivity index (χ3v) is 5.08. The summed E-state index contributed by atoms with van der Waals surface area (Å²) >= 11 is 0. The van der Waals surface area contributed by atoms with E-state index in [1.165, 1.54) is 18.3 Å². The Kier molecular flexibility index (Phi) is 4.27. The van der Waals surface area contributed by atoms with Gasteiger partial charge in [-0.2, -0.15) is 5.10 Å². The number of aromatic nitrogens is 4. The molecular formula is C22H17FN4O2. The Bertz CT molecular complexity index is 1220. The van der Waals surface area contributed by atoms with Crippen LogP contribution in [-0.2, 0) is 24.2 Å². The number of hydrogen-bond donors (Lipinski definition) is 0. The van der Waals surface area contributed by atoms with Crippen LogP contribution in [0.1, 0.15) is 33.9 Å². The minimum atomic E-state index is -0.536. The van der Waals surface area contributed by atoms with Gasteiger partial charge in [-0.05, 0) is 55.7 Å². The number of rotatable bonds is 4. The number of halogens is 1. The van der Waals surface area contributed by atoms with Crippen LogP contribution in [0.5, 0.6) is 0 Å². The number of hydrogen-bond acceptors (Lipinski definition) is 5. The van der Waals surface area contributed by atoms with Crippen molar-refractivity contribution >= 4 is 17.0 Å². The standard InChI is InChI=1S/C22H17FN4O2/c23-14-8-10-15(11-9-14)27-21-7-3-4-16(21)20(26-27)13-29-22(28)19-12-24-17-5-1-2-6-18(17)25-19/h1-2,5-6,8-12H,3-4,7,13H2. The van der Waals surface area contributed by atoms with Crippen LogP contribution < -0.4 is 0 Å². The monoisotopic (exact) mass is 388 g/mol. The van der Waals surface area contributed by atoms with Gasteiger partial charge in [-0.25, -0.2) is 18.9 Å². The van der Waals surface area contributed by atoms with E-state index in [0.29, 0.717) is 5.52 Å². The van der Waals surface area contributed by atoms with Gasteiger partial charge in [-0.3, -0.25) is 4.98 Å². The van der Waals surface area contributed by atoms with Crippen molar-refractivity contribution in [2.45, 2.75) is 25.9 Å². The fourth-order valence-electron chi connectivity index (χ4n) is 3.69. The molecule has 2 aromatic heterocycles. The zero-order valence-electron chi connectivity index (χ0n) is 15.5. The van der Waals surface area contributed by atoms with E-state index in [1.54, 1.807) is 18.2 Å². The second-order valence-electron chi connectivity index (χ2n) is 6.93. The summed E-state index contributed by atoms with van der Waals surface area (Å²) in [5.74, 6) is -0.825. The van der Waals surface area contributed by atoms with Crippen LogP contribution >= 0.6 is 0 Å². The largest absolute Gasteiger partial charge is 0.454 e. The summed E-state index contributed by atoms with van der Waals surface area (Å²) in [6.45, 7) is 0.0594. The van der Waals surface area contributed by atoms with Gasteiger partial charge < -0.3 is 4.74 Å². The Morgan fingerprint density at radius 3 is 2.69 bits per heavy atom. The van der Waals surface area contributed by atoms with Crippen LogP contribution in [-0.4, -0.2) is 25.7 Å². The Hall–Kier alpha value is -3.61. The first-order valence-corrected chi connectivity index (χ1v) is 9.43. The molecule has 0 bridgehead atoms. The maximum atomic E-state index is 13.3. The van der Waals surface area contributed by atoms with Crippen LogP contribution in [0, 0.1) is 5.82 Å². The molecule has 0 aliphatic heterocycles. The van der Waals surface area contributed by atoms with Gasteiger partial charge in [0, 0.05) is 11.3 Å². The number of carbonyl (C=O) groups is 1. The first-order chi connectivity index (χ1) is 14.2. The van der Waals surface area contributed by atoms with Crippen molar-refractivity contribution in [3.8, 4) is 5.69 Å². The average Bonchev–Trinajstić information content (AvgIpc) is 3.36. The van der Waals surface area contributed by atoms with E-state index in [-0.39, 0.29) is 18.1 Å². The highest BCUT2D eigenvalue weighted by atomic mass is 19.1. The molecule has 0 saturated carbocycles. The summed E-state index contributed by atoms with van der Waals surface area (Å²) in [6.07, 6.45) is 4.22. The summed E-state index contributed by atoms with van der Waals surface area (Å²) in [5.41, 5.74) is 5.24. The van der Waals surface area contributed by atoms with Gasteiger partial charge in [0.1, 0.15) is 18.1 Å². The number of ether oxygens (including phenoxy) is 1. The Labute approximate surface area is 166 Å².